The van der Waals surface area contributed by atoms with Crippen LogP contribution in [-0.2, 0) is 12.8 Å². The van der Waals surface area contributed by atoms with Crippen LogP contribution in [0.4, 0.5) is 0 Å². The Hall–Kier alpha value is -3.88. The van der Waals surface area contributed by atoms with Gasteiger partial charge in [-0.3, -0.25) is 9.97 Å². The lowest BCUT2D eigenvalue weighted by Gasteiger charge is -2.13. The topological polar surface area (TPSA) is 25.8 Å². The van der Waals surface area contributed by atoms with Crippen LogP contribution in [0.15, 0.2) is 49.1 Å². The van der Waals surface area contributed by atoms with Crippen molar-refractivity contribution in [3.05, 3.63) is 93.6 Å². The van der Waals surface area contributed by atoms with E-state index < -0.39 is 0 Å². The van der Waals surface area contributed by atoms with Gasteiger partial charge in [0.1, 0.15) is 0 Å². The van der Waals surface area contributed by atoms with Gasteiger partial charge in [0.15, 0.2) is 0 Å². The summed E-state index contributed by atoms with van der Waals surface area (Å²) in [6.45, 7) is 3.82. The quantitative estimate of drug-likeness (QED) is 0.552. The van der Waals surface area contributed by atoms with E-state index in [-0.39, 0.29) is 0 Å². The Balaban J connectivity index is 1.71. The van der Waals surface area contributed by atoms with E-state index in [1.54, 1.807) is 0 Å². The van der Waals surface area contributed by atoms with Gasteiger partial charge >= 0.3 is 0 Å². The Morgan fingerprint density at radius 3 is 1.40 bits per heavy atom. The lowest BCUT2D eigenvalue weighted by molar-refractivity contribution is 1.22. The van der Waals surface area contributed by atoms with Crippen LogP contribution >= 0.6 is 0 Å². The average molecular weight is 384 g/mol. The first kappa shape index (κ1) is 18.2. The third-order valence-electron chi connectivity index (χ3n) is 5.77. The highest BCUT2D eigenvalue weighted by Gasteiger charge is 2.28. The minimum Gasteiger partial charge on any atom is -0.265 e. The number of pyridine rings is 2. The van der Waals surface area contributed by atoms with E-state index in [1.807, 2.05) is 38.6 Å². The molecule has 0 saturated heterocycles. The fourth-order valence-corrected chi connectivity index (χ4v) is 4.45. The Labute approximate surface area is 177 Å². The minimum atomic E-state index is 0.869. The van der Waals surface area contributed by atoms with Gasteiger partial charge in [-0.25, -0.2) is 0 Å². The van der Waals surface area contributed by atoms with Crippen LogP contribution in [0, 0.1) is 23.7 Å². The predicted octanol–water partition coefficient (Wildman–Crippen LogP) is 5.41. The van der Waals surface area contributed by atoms with Gasteiger partial charge in [0.2, 0.25) is 0 Å². The third-order valence-corrected chi connectivity index (χ3v) is 5.77. The van der Waals surface area contributed by atoms with Crippen molar-refractivity contribution < 1.29 is 0 Å². The van der Waals surface area contributed by atoms with Gasteiger partial charge in [0.05, 0.1) is 0 Å². The molecule has 0 radical (unpaired) electrons. The van der Waals surface area contributed by atoms with E-state index in [4.69, 9.17) is 0 Å². The van der Waals surface area contributed by atoms with E-state index in [2.05, 4.69) is 70.1 Å². The predicted molar refractivity (Wildman–Crippen MR) is 123 cm³/mol. The van der Waals surface area contributed by atoms with Crippen LogP contribution in [0.5, 0.6) is 0 Å². The molecule has 2 nitrogen and oxygen atoms in total. The van der Waals surface area contributed by atoms with Crippen LogP contribution in [0.3, 0.4) is 0 Å². The maximum atomic E-state index is 4.16. The molecule has 0 unspecified atom stereocenters. The number of nitrogens with zero attached hydrogens (tertiary/aromatic N) is 2. The molecular weight excluding hydrogens is 364 g/mol. The van der Waals surface area contributed by atoms with Crippen molar-refractivity contribution in [3.63, 3.8) is 0 Å². The molecule has 2 aromatic heterocycles. The second-order valence-corrected chi connectivity index (χ2v) is 7.45. The van der Waals surface area contributed by atoms with Crippen molar-refractivity contribution in [3.8, 4) is 23.7 Å². The Bertz CT molecular complexity index is 1230. The summed E-state index contributed by atoms with van der Waals surface area (Å²) >= 11 is 0. The summed E-state index contributed by atoms with van der Waals surface area (Å²) in [4.78, 5) is 8.33. The minimum absolute atomic E-state index is 0.869. The van der Waals surface area contributed by atoms with Crippen LogP contribution in [0.1, 0.15) is 58.4 Å². The summed E-state index contributed by atoms with van der Waals surface area (Å²) in [5.41, 5.74) is 12.4. The Kier molecular flexibility index (Phi) is 4.55. The summed E-state index contributed by atoms with van der Waals surface area (Å²) in [6.07, 6.45) is 13.7. The monoisotopic (exact) mass is 384 g/mol. The number of rotatable bonds is 2. The van der Waals surface area contributed by atoms with Crippen molar-refractivity contribution in [1.82, 2.24) is 9.97 Å². The summed E-state index contributed by atoms with van der Waals surface area (Å²) in [7, 11) is 0. The SMILES string of the molecule is CC#Cc1c2c(c(C#CC)c3c1CC(c1ccncc1)=C3)CC(c1ccncc1)=C2. The molecular formula is C28H20N2. The zero-order chi connectivity index (χ0) is 20.5. The number of hydrogen-bond donors (Lipinski definition) is 0. The molecule has 2 aliphatic rings. The van der Waals surface area contributed by atoms with Gasteiger partial charge in [-0.15, -0.1) is 11.8 Å². The van der Waals surface area contributed by atoms with Crippen molar-refractivity contribution in [2.24, 2.45) is 0 Å². The second kappa shape index (κ2) is 7.51. The normalized spacial score (nSPS) is 13.3. The molecule has 0 bridgehead atoms. The van der Waals surface area contributed by atoms with Gasteiger partial charge < -0.3 is 0 Å². The van der Waals surface area contributed by atoms with E-state index in [0.29, 0.717) is 0 Å². The maximum Gasteiger partial charge on any atom is 0.0362 e. The van der Waals surface area contributed by atoms with E-state index >= 15 is 0 Å². The first-order valence-corrected chi connectivity index (χ1v) is 10.1. The number of benzene rings is 1. The summed E-state index contributed by atoms with van der Waals surface area (Å²) < 4.78 is 0. The molecule has 0 amide bonds. The molecule has 0 saturated carbocycles. The maximum absolute atomic E-state index is 4.16. The molecule has 0 aliphatic heterocycles. The first-order valence-electron chi connectivity index (χ1n) is 10.1. The van der Waals surface area contributed by atoms with Gasteiger partial charge in [-0.2, -0.15) is 0 Å². The summed E-state index contributed by atoms with van der Waals surface area (Å²) in [5, 5.41) is 0. The molecule has 2 heterocycles. The molecule has 0 spiro atoms. The number of hydrogen-bond acceptors (Lipinski definition) is 2. The average Bonchev–Trinajstić information content (AvgIpc) is 3.43. The third kappa shape index (κ3) is 2.95. The van der Waals surface area contributed by atoms with Crippen LogP contribution < -0.4 is 0 Å². The zero-order valence-electron chi connectivity index (χ0n) is 17.1. The van der Waals surface area contributed by atoms with E-state index in [9.17, 15) is 0 Å². The fourth-order valence-electron chi connectivity index (χ4n) is 4.45. The van der Waals surface area contributed by atoms with Crippen molar-refractivity contribution in [1.29, 1.82) is 0 Å². The molecule has 5 rings (SSSR count). The highest BCUT2D eigenvalue weighted by molar-refractivity contribution is 5.98. The largest absolute Gasteiger partial charge is 0.265 e. The highest BCUT2D eigenvalue weighted by atomic mass is 14.6. The summed E-state index contributed by atoms with van der Waals surface area (Å²) in [5.74, 6) is 13.1. The standard InChI is InChI=1S/C28H20N2/c1-3-5-23-25-15-21(19-7-11-29-12-8-19)17-27(25)24(6-4-2)28-18-22(16-26(23)28)20-9-13-30-14-10-20/h7-15,18H,16-17H2,1-2H3. The molecule has 30 heavy (non-hydrogen) atoms. The Morgan fingerprint density at radius 2 is 1.03 bits per heavy atom. The van der Waals surface area contributed by atoms with Crippen LogP contribution in [0.2, 0.25) is 0 Å². The van der Waals surface area contributed by atoms with Gasteiger partial charge in [0, 0.05) is 35.9 Å². The number of fused-ring (bicyclic) bond motifs is 2. The highest BCUT2D eigenvalue weighted by Crippen LogP contribution is 2.43. The van der Waals surface area contributed by atoms with Crippen LogP contribution in [0.25, 0.3) is 23.3 Å². The molecule has 142 valence electrons. The van der Waals surface area contributed by atoms with E-state index in [0.717, 1.165) is 24.0 Å². The summed E-state index contributed by atoms with van der Waals surface area (Å²) in [6, 6.07) is 8.29. The van der Waals surface area contributed by atoms with Gasteiger partial charge in [-0.1, -0.05) is 11.8 Å². The first-order chi connectivity index (χ1) is 14.8. The van der Waals surface area contributed by atoms with Crippen molar-refractivity contribution >= 4 is 23.3 Å². The zero-order valence-corrected chi connectivity index (χ0v) is 17.1. The fraction of sp³-hybridized carbons (Fsp3) is 0.143. The second-order valence-electron chi connectivity index (χ2n) is 7.45. The molecule has 2 aliphatic carbocycles. The molecule has 0 N–H and O–H groups in total. The number of allylic oxidation sites excluding steroid dienone is 2. The molecule has 3 aromatic rings. The van der Waals surface area contributed by atoms with Crippen molar-refractivity contribution in [2.75, 3.05) is 0 Å². The molecule has 0 fully saturated rings. The van der Waals surface area contributed by atoms with Gasteiger partial charge in [0.25, 0.3) is 0 Å². The van der Waals surface area contributed by atoms with Gasteiger partial charge in [-0.05, 0) is 108 Å². The lowest BCUT2D eigenvalue weighted by Crippen LogP contribution is -2.02. The Morgan fingerprint density at radius 1 is 0.633 bits per heavy atom. The smallest absolute Gasteiger partial charge is 0.0362 e. The number of aromatic nitrogens is 2. The van der Waals surface area contributed by atoms with Crippen molar-refractivity contribution in [2.45, 2.75) is 26.7 Å². The van der Waals surface area contributed by atoms with Crippen LogP contribution in [-0.4, -0.2) is 9.97 Å². The molecule has 1 aromatic carbocycles. The lowest BCUT2D eigenvalue weighted by atomic mass is 9.88. The molecule has 0 atom stereocenters. The molecule has 2 heteroatoms. The van der Waals surface area contributed by atoms with E-state index in [1.165, 1.54) is 44.5 Å².